The molecule has 2 atom stereocenters. The number of ether oxygens (including phenoxy) is 4. The zero-order chi connectivity index (χ0) is 31.0. The molecule has 1 fully saturated rings. The molecule has 0 bridgehead atoms. The number of hydrogen-bond acceptors (Lipinski definition) is 9. The summed E-state index contributed by atoms with van der Waals surface area (Å²) in [5, 5.41) is 12.0. The second kappa shape index (κ2) is 12.2. The molecular formula is C34H34N2O7S. The Hall–Kier alpha value is -4.57. The van der Waals surface area contributed by atoms with E-state index in [1.165, 1.54) is 16.2 Å². The number of aliphatic hydroxyl groups is 1. The number of aliphatic hydroxyl groups excluding tert-OH is 1. The van der Waals surface area contributed by atoms with Crippen LogP contribution in [0.15, 0.2) is 60.2 Å². The third kappa shape index (κ3) is 5.34. The van der Waals surface area contributed by atoms with Crippen molar-refractivity contribution in [3.8, 4) is 23.0 Å². The number of methoxy groups -OCH3 is 1. The summed E-state index contributed by atoms with van der Waals surface area (Å²) in [6, 6.07) is 15.2. The number of amides is 1. The van der Waals surface area contributed by atoms with Gasteiger partial charge in [-0.05, 0) is 79.9 Å². The molecule has 4 aromatic rings. The number of carbonyl (C=O) groups excluding carboxylic acids is 2. The summed E-state index contributed by atoms with van der Waals surface area (Å²) in [7, 11) is 1.54. The molecule has 0 radical (unpaired) electrons. The Morgan fingerprint density at radius 1 is 1.07 bits per heavy atom. The van der Waals surface area contributed by atoms with Crippen molar-refractivity contribution in [1.29, 1.82) is 0 Å². The van der Waals surface area contributed by atoms with Gasteiger partial charge in [0.05, 0.1) is 42.2 Å². The van der Waals surface area contributed by atoms with Gasteiger partial charge in [-0.1, -0.05) is 30.7 Å². The van der Waals surface area contributed by atoms with Crippen molar-refractivity contribution in [2.75, 3.05) is 25.2 Å². The fourth-order valence-electron chi connectivity index (χ4n) is 5.62. The lowest BCUT2D eigenvalue weighted by Crippen LogP contribution is -2.29. The van der Waals surface area contributed by atoms with E-state index in [2.05, 4.69) is 6.92 Å². The number of unbranched alkanes of at least 4 members (excludes halogenated alkanes) is 1. The van der Waals surface area contributed by atoms with Gasteiger partial charge in [0.1, 0.15) is 23.4 Å². The van der Waals surface area contributed by atoms with Gasteiger partial charge in [0.25, 0.3) is 5.78 Å². The Labute approximate surface area is 259 Å². The Morgan fingerprint density at radius 3 is 2.68 bits per heavy atom. The van der Waals surface area contributed by atoms with Gasteiger partial charge in [0.2, 0.25) is 0 Å². The number of benzene rings is 3. The molecule has 2 aliphatic heterocycles. The minimum atomic E-state index is -0.969. The van der Waals surface area contributed by atoms with Crippen molar-refractivity contribution >= 4 is 44.1 Å². The quantitative estimate of drug-likeness (QED) is 0.0896. The van der Waals surface area contributed by atoms with E-state index < -0.39 is 17.7 Å². The molecule has 0 unspecified atom stereocenters. The van der Waals surface area contributed by atoms with Crippen LogP contribution in [0.25, 0.3) is 16.0 Å². The minimum absolute atomic E-state index is 0.0146. The maximum absolute atomic E-state index is 13.8. The Kier molecular flexibility index (Phi) is 8.18. The highest BCUT2D eigenvalue weighted by Gasteiger charge is 2.48. The summed E-state index contributed by atoms with van der Waals surface area (Å²) in [5.41, 5.74) is 2.57. The fourth-order valence-corrected chi connectivity index (χ4v) is 6.64. The molecule has 1 amide bonds. The van der Waals surface area contributed by atoms with Gasteiger partial charge in [0, 0.05) is 12.0 Å². The van der Waals surface area contributed by atoms with Crippen LogP contribution in [0.4, 0.5) is 5.13 Å². The van der Waals surface area contributed by atoms with E-state index >= 15 is 0 Å². The number of thiazole rings is 1. The number of fused-ring (bicyclic) bond motifs is 2. The molecule has 44 heavy (non-hydrogen) atoms. The molecule has 228 valence electrons. The molecule has 3 heterocycles. The molecule has 0 spiro atoms. The van der Waals surface area contributed by atoms with Crippen LogP contribution in [-0.2, 0) is 16.0 Å². The topological polar surface area (TPSA) is 107 Å². The van der Waals surface area contributed by atoms with Crippen LogP contribution >= 0.6 is 11.3 Å². The molecule has 0 aliphatic carbocycles. The number of anilines is 1. The number of Topliss-reactive ketones (excluding diaryl/α,β-unsaturated/α-hetero) is 1. The van der Waals surface area contributed by atoms with Gasteiger partial charge in [0.15, 0.2) is 16.6 Å². The summed E-state index contributed by atoms with van der Waals surface area (Å²) >= 11 is 1.28. The molecule has 9 nitrogen and oxygen atoms in total. The molecule has 1 saturated heterocycles. The third-order valence-corrected chi connectivity index (χ3v) is 8.76. The van der Waals surface area contributed by atoms with E-state index in [1.54, 1.807) is 37.4 Å². The zero-order valence-corrected chi connectivity index (χ0v) is 25.9. The lowest BCUT2D eigenvalue weighted by atomic mass is 9.94. The van der Waals surface area contributed by atoms with Crippen LogP contribution < -0.4 is 23.8 Å². The van der Waals surface area contributed by atoms with Gasteiger partial charge in [-0.2, -0.15) is 0 Å². The summed E-state index contributed by atoms with van der Waals surface area (Å²) in [6.07, 6.45) is 2.57. The normalized spacial score (nSPS) is 18.9. The molecule has 10 heteroatoms. The number of hydrogen-bond donors (Lipinski definition) is 1. The van der Waals surface area contributed by atoms with E-state index in [0.717, 1.165) is 28.9 Å². The lowest BCUT2D eigenvalue weighted by Gasteiger charge is -2.24. The highest BCUT2D eigenvalue weighted by molar-refractivity contribution is 7.22. The predicted octanol–water partition coefficient (Wildman–Crippen LogP) is 6.83. The van der Waals surface area contributed by atoms with Crippen LogP contribution in [0.1, 0.15) is 56.3 Å². The lowest BCUT2D eigenvalue weighted by molar-refractivity contribution is -0.132. The van der Waals surface area contributed by atoms with Crippen molar-refractivity contribution < 1.29 is 33.6 Å². The SMILES string of the molecule is CCCCOc1ccc([C@H]2C(=C(O)c3ccc4c(c3)C[C@H](C)O4)C(=O)C(=O)N2c2nc3ccc(OCC)cc3s2)cc1OC. The van der Waals surface area contributed by atoms with Crippen molar-refractivity contribution in [2.45, 2.75) is 52.2 Å². The van der Waals surface area contributed by atoms with Gasteiger partial charge in [-0.25, -0.2) is 4.98 Å². The number of ketones is 1. The first-order valence-corrected chi connectivity index (χ1v) is 15.6. The molecule has 1 aromatic heterocycles. The largest absolute Gasteiger partial charge is 0.507 e. The fraction of sp³-hybridized carbons (Fsp3) is 0.324. The Balaban J connectivity index is 1.50. The average molecular weight is 615 g/mol. The van der Waals surface area contributed by atoms with Crippen molar-refractivity contribution in [1.82, 2.24) is 4.98 Å². The van der Waals surface area contributed by atoms with Crippen LogP contribution in [-0.4, -0.2) is 48.2 Å². The average Bonchev–Trinajstić information content (AvgIpc) is 3.69. The number of carbonyl (C=O) groups is 2. The second-order valence-electron chi connectivity index (χ2n) is 10.8. The first-order chi connectivity index (χ1) is 21.3. The van der Waals surface area contributed by atoms with Gasteiger partial charge < -0.3 is 24.1 Å². The third-order valence-electron chi connectivity index (χ3n) is 7.74. The Morgan fingerprint density at radius 2 is 1.91 bits per heavy atom. The number of nitrogens with zero attached hydrogens (tertiary/aromatic N) is 2. The van der Waals surface area contributed by atoms with Crippen LogP contribution in [0.3, 0.4) is 0 Å². The van der Waals surface area contributed by atoms with E-state index in [-0.39, 0.29) is 17.4 Å². The number of aromatic nitrogens is 1. The van der Waals surface area contributed by atoms with E-state index in [0.29, 0.717) is 58.7 Å². The van der Waals surface area contributed by atoms with Crippen LogP contribution in [0.5, 0.6) is 23.0 Å². The maximum atomic E-state index is 13.8. The first kappa shape index (κ1) is 29.5. The minimum Gasteiger partial charge on any atom is -0.507 e. The first-order valence-electron chi connectivity index (χ1n) is 14.8. The molecule has 0 saturated carbocycles. The Bertz CT molecular complexity index is 1780. The second-order valence-corrected chi connectivity index (χ2v) is 11.8. The van der Waals surface area contributed by atoms with Gasteiger partial charge in [-0.3, -0.25) is 14.5 Å². The summed E-state index contributed by atoms with van der Waals surface area (Å²) in [5.74, 6) is 0.606. The zero-order valence-electron chi connectivity index (χ0n) is 25.1. The van der Waals surface area contributed by atoms with Gasteiger partial charge >= 0.3 is 5.91 Å². The predicted molar refractivity (Wildman–Crippen MR) is 169 cm³/mol. The molecular weight excluding hydrogens is 580 g/mol. The van der Waals surface area contributed by atoms with Crippen molar-refractivity contribution in [3.63, 3.8) is 0 Å². The summed E-state index contributed by atoms with van der Waals surface area (Å²) < 4.78 is 23.9. The van der Waals surface area contributed by atoms with Gasteiger partial charge in [-0.15, -0.1) is 0 Å². The van der Waals surface area contributed by atoms with Crippen LogP contribution in [0, 0.1) is 0 Å². The van der Waals surface area contributed by atoms with Crippen LogP contribution in [0.2, 0.25) is 0 Å². The monoisotopic (exact) mass is 614 g/mol. The van der Waals surface area contributed by atoms with Crippen molar-refractivity contribution in [2.24, 2.45) is 0 Å². The van der Waals surface area contributed by atoms with E-state index in [9.17, 15) is 14.7 Å². The van der Waals surface area contributed by atoms with Crippen molar-refractivity contribution in [3.05, 3.63) is 76.9 Å². The highest BCUT2D eigenvalue weighted by atomic mass is 32.1. The summed E-state index contributed by atoms with van der Waals surface area (Å²) in [6.45, 7) is 7.01. The molecule has 3 aromatic carbocycles. The maximum Gasteiger partial charge on any atom is 0.301 e. The van der Waals surface area contributed by atoms with E-state index in [1.807, 2.05) is 38.1 Å². The molecule has 2 aliphatic rings. The number of rotatable bonds is 10. The highest BCUT2D eigenvalue weighted by Crippen LogP contribution is 2.46. The smallest absolute Gasteiger partial charge is 0.301 e. The van der Waals surface area contributed by atoms with E-state index in [4.69, 9.17) is 23.9 Å². The molecule has 1 N–H and O–H groups in total. The summed E-state index contributed by atoms with van der Waals surface area (Å²) in [4.78, 5) is 33.7. The molecule has 6 rings (SSSR count). The standard InChI is InChI=1S/C34H34N2O7S/c1-5-7-14-42-26-13-8-20(17-27(26)40-4)30-29(31(37)21-9-12-25-22(16-21)15-19(3)43-25)32(38)33(39)36(30)34-35-24-11-10-23(41-6-2)18-28(24)44-34/h8-13,16-19,30,37H,5-7,14-15H2,1-4H3/t19-,30-/m0/s1.